The molecule has 1 aliphatic carbocycles. The molecule has 0 spiro atoms. The van der Waals surface area contributed by atoms with Gasteiger partial charge in [-0.05, 0) is 25.3 Å². The third-order valence-corrected chi connectivity index (χ3v) is 3.57. The van der Waals surface area contributed by atoms with Gasteiger partial charge in [0.25, 0.3) is 0 Å². The third kappa shape index (κ3) is 4.59. The summed E-state index contributed by atoms with van der Waals surface area (Å²) in [6, 6.07) is 1.91. The van der Waals surface area contributed by atoms with E-state index in [2.05, 4.69) is 10.6 Å². The molecule has 1 aromatic heterocycles. The Balaban J connectivity index is 1.61. The van der Waals surface area contributed by atoms with Crippen LogP contribution in [-0.4, -0.2) is 23.7 Å². The summed E-state index contributed by atoms with van der Waals surface area (Å²) in [7, 11) is 0. The van der Waals surface area contributed by atoms with E-state index >= 15 is 0 Å². The fraction of sp³-hybridized carbons (Fsp3) is 0.643. The Morgan fingerprint density at radius 2 is 2.21 bits per heavy atom. The maximum atomic E-state index is 11.7. The van der Waals surface area contributed by atoms with E-state index < -0.39 is 6.10 Å². The number of aliphatic hydroxyl groups excluding tert-OH is 1. The molecule has 1 atom stereocenters. The molecule has 1 aromatic rings. The number of carbonyl (C=O) groups excluding carboxylic acids is 1. The maximum Gasteiger partial charge on any atom is 0.315 e. The lowest BCUT2D eigenvalue weighted by molar-refractivity contribution is 0.165. The average Bonchev–Trinajstić information content (AvgIpc) is 2.93. The van der Waals surface area contributed by atoms with Crippen molar-refractivity contribution in [2.24, 2.45) is 0 Å². The van der Waals surface area contributed by atoms with Crippen LogP contribution < -0.4 is 10.6 Å². The number of rotatable bonds is 5. The fourth-order valence-electron chi connectivity index (χ4n) is 2.44. The van der Waals surface area contributed by atoms with Gasteiger partial charge in [-0.15, -0.1) is 0 Å². The number of urea groups is 1. The second-order valence-electron chi connectivity index (χ2n) is 5.10. The number of amides is 2. The van der Waals surface area contributed by atoms with Crippen LogP contribution in [0.4, 0.5) is 4.79 Å². The van der Waals surface area contributed by atoms with Crippen molar-refractivity contribution in [2.45, 2.75) is 50.7 Å². The van der Waals surface area contributed by atoms with Gasteiger partial charge in [0.1, 0.15) is 0 Å². The lowest BCUT2D eigenvalue weighted by Gasteiger charge is -2.23. The first-order valence-electron chi connectivity index (χ1n) is 7.00. The summed E-state index contributed by atoms with van der Waals surface area (Å²) in [5, 5.41) is 15.6. The normalized spacial score (nSPS) is 17.9. The molecule has 3 N–H and O–H groups in total. The summed E-state index contributed by atoms with van der Waals surface area (Å²) in [6.45, 7) is 0.449. The van der Waals surface area contributed by atoms with E-state index in [1.54, 1.807) is 6.07 Å². The van der Waals surface area contributed by atoms with Crippen LogP contribution in [0.5, 0.6) is 0 Å². The lowest BCUT2D eigenvalue weighted by Crippen LogP contribution is -2.43. The van der Waals surface area contributed by atoms with Crippen LogP contribution in [0.3, 0.4) is 0 Å². The Hall–Kier alpha value is -1.49. The van der Waals surface area contributed by atoms with Crippen LogP contribution in [0.2, 0.25) is 0 Å². The van der Waals surface area contributed by atoms with Gasteiger partial charge in [-0.3, -0.25) is 0 Å². The first kappa shape index (κ1) is 13.9. The van der Waals surface area contributed by atoms with E-state index in [1.807, 2.05) is 0 Å². The van der Waals surface area contributed by atoms with Gasteiger partial charge in [-0.25, -0.2) is 4.79 Å². The molecule has 1 unspecified atom stereocenters. The molecular formula is C14H22N2O3. The van der Waals surface area contributed by atoms with E-state index in [-0.39, 0.29) is 6.03 Å². The smallest absolute Gasteiger partial charge is 0.315 e. The van der Waals surface area contributed by atoms with Crippen LogP contribution in [0.15, 0.2) is 23.0 Å². The minimum absolute atomic E-state index is 0.133. The van der Waals surface area contributed by atoms with Gasteiger partial charge >= 0.3 is 6.03 Å². The predicted molar refractivity (Wildman–Crippen MR) is 71.7 cm³/mol. The van der Waals surface area contributed by atoms with Gasteiger partial charge in [0.15, 0.2) is 0 Å². The average molecular weight is 266 g/mol. The van der Waals surface area contributed by atoms with Crippen LogP contribution >= 0.6 is 0 Å². The van der Waals surface area contributed by atoms with Gasteiger partial charge in [0.2, 0.25) is 0 Å². The number of furan rings is 1. The van der Waals surface area contributed by atoms with E-state index in [1.165, 1.54) is 31.8 Å². The first-order valence-corrected chi connectivity index (χ1v) is 7.00. The van der Waals surface area contributed by atoms with E-state index in [0.29, 0.717) is 19.0 Å². The third-order valence-electron chi connectivity index (χ3n) is 3.57. The topological polar surface area (TPSA) is 74.5 Å². The van der Waals surface area contributed by atoms with Crippen LogP contribution in [0, 0.1) is 0 Å². The van der Waals surface area contributed by atoms with Crippen molar-refractivity contribution in [1.29, 1.82) is 0 Å². The highest BCUT2D eigenvalue weighted by molar-refractivity contribution is 5.74. The molecule has 2 amide bonds. The molecule has 19 heavy (non-hydrogen) atoms. The summed E-state index contributed by atoms with van der Waals surface area (Å²) in [5.74, 6) is 0. The molecule has 0 aromatic carbocycles. The number of hydrogen-bond acceptors (Lipinski definition) is 3. The van der Waals surface area contributed by atoms with Crippen LogP contribution in [-0.2, 0) is 0 Å². The largest absolute Gasteiger partial charge is 0.472 e. The second-order valence-corrected chi connectivity index (χ2v) is 5.10. The van der Waals surface area contributed by atoms with Crippen molar-refractivity contribution in [3.05, 3.63) is 24.2 Å². The zero-order valence-electron chi connectivity index (χ0n) is 11.1. The molecule has 1 fully saturated rings. The minimum Gasteiger partial charge on any atom is -0.472 e. The Labute approximate surface area is 113 Å². The highest BCUT2D eigenvalue weighted by Gasteiger charge is 2.15. The number of aliphatic hydroxyl groups is 1. The Morgan fingerprint density at radius 1 is 1.42 bits per heavy atom. The molecule has 0 radical (unpaired) electrons. The Bertz CT molecular complexity index is 372. The highest BCUT2D eigenvalue weighted by Crippen LogP contribution is 2.17. The zero-order chi connectivity index (χ0) is 13.5. The fourth-order valence-corrected chi connectivity index (χ4v) is 2.44. The summed E-state index contributed by atoms with van der Waals surface area (Å²) >= 11 is 0. The van der Waals surface area contributed by atoms with Crippen molar-refractivity contribution in [1.82, 2.24) is 10.6 Å². The number of carbonyl (C=O) groups is 1. The predicted octanol–water partition coefficient (Wildman–Crippen LogP) is 2.33. The van der Waals surface area contributed by atoms with Crippen molar-refractivity contribution in [3.8, 4) is 0 Å². The standard InChI is InChI=1S/C14H22N2O3/c17-13(11-7-9-19-10-11)6-8-15-14(18)16-12-4-2-1-3-5-12/h7,9-10,12-13,17H,1-6,8H2,(H2,15,16,18). The summed E-state index contributed by atoms with van der Waals surface area (Å²) < 4.78 is 4.90. The summed E-state index contributed by atoms with van der Waals surface area (Å²) in [4.78, 5) is 11.7. The van der Waals surface area contributed by atoms with Crippen LogP contribution in [0.1, 0.15) is 50.2 Å². The van der Waals surface area contributed by atoms with Crippen molar-refractivity contribution < 1.29 is 14.3 Å². The van der Waals surface area contributed by atoms with E-state index in [4.69, 9.17) is 4.42 Å². The number of hydrogen-bond donors (Lipinski definition) is 3. The molecule has 1 heterocycles. The minimum atomic E-state index is -0.589. The molecule has 0 aliphatic heterocycles. The molecular weight excluding hydrogens is 244 g/mol. The molecule has 106 valence electrons. The Morgan fingerprint density at radius 3 is 2.89 bits per heavy atom. The zero-order valence-corrected chi connectivity index (χ0v) is 11.1. The van der Waals surface area contributed by atoms with E-state index in [9.17, 15) is 9.90 Å². The highest BCUT2D eigenvalue weighted by atomic mass is 16.3. The monoisotopic (exact) mass is 266 g/mol. The molecule has 0 saturated heterocycles. The van der Waals surface area contributed by atoms with Crippen LogP contribution in [0.25, 0.3) is 0 Å². The van der Waals surface area contributed by atoms with Gasteiger partial charge in [0, 0.05) is 18.2 Å². The molecule has 1 saturated carbocycles. The van der Waals surface area contributed by atoms with Gasteiger partial charge in [0.05, 0.1) is 18.6 Å². The van der Waals surface area contributed by atoms with Gasteiger partial charge < -0.3 is 20.2 Å². The van der Waals surface area contributed by atoms with Crippen molar-refractivity contribution >= 4 is 6.03 Å². The lowest BCUT2D eigenvalue weighted by atomic mass is 9.96. The number of nitrogens with one attached hydrogen (secondary N) is 2. The second kappa shape index (κ2) is 7.19. The molecule has 1 aliphatic rings. The van der Waals surface area contributed by atoms with Gasteiger partial charge in [-0.1, -0.05) is 19.3 Å². The summed E-state index contributed by atoms with van der Waals surface area (Å²) in [6.07, 6.45) is 8.77. The maximum absolute atomic E-state index is 11.7. The van der Waals surface area contributed by atoms with Crippen molar-refractivity contribution in [3.63, 3.8) is 0 Å². The Kier molecular flexibility index (Phi) is 5.27. The van der Waals surface area contributed by atoms with Gasteiger partial charge in [-0.2, -0.15) is 0 Å². The molecule has 5 heteroatoms. The van der Waals surface area contributed by atoms with E-state index in [0.717, 1.165) is 18.4 Å². The molecule has 2 rings (SSSR count). The first-order chi connectivity index (χ1) is 9.25. The summed E-state index contributed by atoms with van der Waals surface area (Å²) in [5.41, 5.74) is 0.745. The quantitative estimate of drug-likeness (QED) is 0.765. The van der Waals surface area contributed by atoms with Crippen molar-refractivity contribution in [2.75, 3.05) is 6.54 Å². The molecule has 0 bridgehead atoms. The molecule has 5 nitrogen and oxygen atoms in total. The SMILES string of the molecule is O=C(NCCC(O)c1ccoc1)NC1CCCCC1.